The summed E-state index contributed by atoms with van der Waals surface area (Å²) in [6.45, 7) is 2.44. The number of alkyl halides is 3. The minimum Gasteiger partial charge on any atom is -0.382 e. The molecule has 0 bridgehead atoms. The largest absolute Gasteiger partial charge is 0.416 e. The predicted octanol–water partition coefficient (Wildman–Crippen LogP) is 0.539. The van der Waals surface area contributed by atoms with Crippen LogP contribution in [0.15, 0.2) is 6.07 Å². The van der Waals surface area contributed by atoms with E-state index < -0.39 is 24.7 Å². The standard InChI is InChI=1S/C10H14F3N3O2/c1-6-3-7(2)16(15-6)5-9(18)14-4-8(17)10(11,12)13/h3,8,17H,4-5H2,1-2H3,(H,14,18). The third-order valence-corrected chi connectivity index (χ3v) is 2.27. The number of amides is 1. The highest BCUT2D eigenvalue weighted by molar-refractivity contribution is 5.75. The van der Waals surface area contributed by atoms with Crippen molar-refractivity contribution in [2.45, 2.75) is 32.7 Å². The van der Waals surface area contributed by atoms with Crippen LogP contribution in [0.3, 0.4) is 0 Å². The molecule has 0 radical (unpaired) electrons. The van der Waals surface area contributed by atoms with Gasteiger partial charge in [-0.05, 0) is 19.9 Å². The van der Waals surface area contributed by atoms with Crippen LogP contribution in [0, 0.1) is 13.8 Å². The number of rotatable bonds is 4. The number of carbonyl (C=O) groups is 1. The van der Waals surface area contributed by atoms with E-state index in [0.29, 0.717) is 0 Å². The van der Waals surface area contributed by atoms with Crippen molar-refractivity contribution in [3.05, 3.63) is 17.5 Å². The molecule has 1 unspecified atom stereocenters. The second-order valence-corrected chi connectivity index (χ2v) is 3.95. The van der Waals surface area contributed by atoms with E-state index in [9.17, 15) is 18.0 Å². The van der Waals surface area contributed by atoms with Crippen LogP contribution in [-0.4, -0.2) is 39.6 Å². The van der Waals surface area contributed by atoms with E-state index in [1.165, 1.54) is 4.68 Å². The van der Waals surface area contributed by atoms with E-state index in [-0.39, 0.29) is 6.54 Å². The summed E-state index contributed by atoms with van der Waals surface area (Å²) in [5.74, 6) is -0.635. The molecule has 1 aromatic heterocycles. The fourth-order valence-electron chi connectivity index (χ4n) is 1.35. The van der Waals surface area contributed by atoms with Gasteiger partial charge in [0, 0.05) is 5.69 Å². The van der Waals surface area contributed by atoms with E-state index in [1.54, 1.807) is 19.9 Å². The van der Waals surface area contributed by atoms with Crippen molar-refractivity contribution in [3.63, 3.8) is 0 Å². The normalized spacial score (nSPS) is 13.4. The molecule has 1 atom stereocenters. The maximum atomic E-state index is 12.0. The Kier molecular flexibility index (Phi) is 4.33. The number of aromatic nitrogens is 2. The summed E-state index contributed by atoms with van der Waals surface area (Å²) in [4.78, 5) is 11.4. The zero-order chi connectivity index (χ0) is 13.9. The summed E-state index contributed by atoms with van der Waals surface area (Å²) in [5.41, 5.74) is 1.45. The Morgan fingerprint density at radius 2 is 2.17 bits per heavy atom. The molecule has 102 valence electrons. The molecule has 1 aromatic rings. The molecule has 0 saturated heterocycles. The summed E-state index contributed by atoms with van der Waals surface area (Å²) in [6, 6.07) is 1.75. The van der Waals surface area contributed by atoms with Crippen molar-refractivity contribution >= 4 is 5.91 Å². The van der Waals surface area contributed by atoms with Crippen LogP contribution in [-0.2, 0) is 11.3 Å². The molecule has 0 fully saturated rings. The highest BCUT2D eigenvalue weighted by Gasteiger charge is 2.38. The van der Waals surface area contributed by atoms with Crippen LogP contribution < -0.4 is 5.32 Å². The summed E-state index contributed by atoms with van der Waals surface area (Å²) in [5, 5.41) is 14.7. The van der Waals surface area contributed by atoms with Gasteiger partial charge in [0.2, 0.25) is 5.91 Å². The van der Waals surface area contributed by atoms with Crippen LogP contribution in [0.5, 0.6) is 0 Å². The third-order valence-electron chi connectivity index (χ3n) is 2.27. The minimum atomic E-state index is -4.73. The number of hydrogen-bond donors (Lipinski definition) is 2. The second kappa shape index (κ2) is 5.38. The maximum Gasteiger partial charge on any atom is 0.416 e. The van der Waals surface area contributed by atoms with Gasteiger partial charge in [-0.2, -0.15) is 18.3 Å². The van der Waals surface area contributed by atoms with Gasteiger partial charge in [0.05, 0.1) is 12.2 Å². The average molecular weight is 265 g/mol. The number of aryl methyl sites for hydroxylation is 2. The van der Waals surface area contributed by atoms with Gasteiger partial charge in [0.1, 0.15) is 6.54 Å². The molecule has 0 saturated carbocycles. The van der Waals surface area contributed by atoms with E-state index in [1.807, 2.05) is 5.32 Å². The number of nitrogens with zero attached hydrogens (tertiary/aromatic N) is 2. The Balaban J connectivity index is 2.46. The van der Waals surface area contributed by atoms with Gasteiger partial charge >= 0.3 is 6.18 Å². The first kappa shape index (κ1) is 14.5. The lowest BCUT2D eigenvalue weighted by molar-refractivity contribution is -0.201. The minimum absolute atomic E-state index is 0.176. The second-order valence-electron chi connectivity index (χ2n) is 3.95. The van der Waals surface area contributed by atoms with Crippen molar-refractivity contribution in [1.29, 1.82) is 0 Å². The molecule has 18 heavy (non-hydrogen) atoms. The molecule has 5 nitrogen and oxygen atoms in total. The molecule has 0 spiro atoms. The van der Waals surface area contributed by atoms with E-state index >= 15 is 0 Å². The fourth-order valence-corrected chi connectivity index (χ4v) is 1.35. The zero-order valence-electron chi connectivity index (χ0n) is 9.95. The lowest BCUT2D eigenvalue weighted by Crippen LogP contribution is -2.41. The van der Waals surface area contributed by atoms with Gasteiger partial charge in [-0.1, -0.05) is 0 Å². The fraction of sp³-hybridized carbons (Fsp3) is 0.600. The van der Waals surface area contributed by atoms with Crippen LogP contribution in [0.25, 0.3) is 0 Å². The van der Waals surface area contributed by atoms with Crippen molar-refractivity contribution < 1.29 is 23.1 Å². The number of nitrogens with one attached hydrogen (secondary N) is 1. The Morgan fingerprint density at radius 3 is 2.61 bits per heavy atom. The van der Waals surface area contributed by atoms with Gasteiger partial charge < -0.3 is 10.4 Å². The first-order chi connectivity index (χ1) is 8.20. The number of aliphatic hydroxyl groups excluding tert-OH is 1. The number of hydrogen-bond acceptors (Lipinski definition) is 3. The van der Waals surface area contributed by atoms with Gasteiger partial charge in [-0.25, -0.2) is 0 Å². The van der Waals surface area contributed by atoms with Gasteiger partial charge in [0.15, 0.2) is 6.10 Å². The Morgan fingerprint density at radius 1 is 1.56 bits per heavy atom. The van der Waals surface area contributed by atoms with Crippen molar-refractivity contribution in [3.8, 4) is 0 Å². The van der Waals surface area contributed by atoms with Crippen molar-refractivity contribution in [1.82, 2.24) is 15.1 Å². The molecule has 0 aliphatic carbocycles. The van der Waals surface area contributed by atoms with Gasteiger partial charge in [-0.3, -0.25) is 9.48 Å². The summed E-state index contributed by atoms with van der Waals surface area (Å²) >= 11 is 0. The molecule has 1 amide bonds. The number of carbonyl (C=O) groups excluding carboxylic acids is 1. The number of aliphatic hydroxyl groups is 1. The Labute approximate surface area is 102 Å². The zero-order valence-corrected chi connectivity index (χ0v) is 9.95. The van der Waals surface area contributed by atoms with Crippen LogP contribution in [0.2, 0.25) is 0 Å². The molecule has 0 aliphatic rings. The lowest BCUT2D eigenvalue weighted by atomic mass is 10.3. The highest BCUT2D eigenvalue weighted by Crippen LogP contribution is 2.19. The highest BCUT2D eigenvalue weighted by atomic mass is 19.4. The quantitative estimate of drug-likeness (QED) is 0.835. The molecule has 8 heteroatoms. The van der Waals surface area contributed by atoms with E-state index in [4.69, 9.17) is 5.11 Å². The van der Waals surface area contributed by atoms with Crippen LogP contribution >= 0.6 is 0 Å². The molecular formula is C10H14F3N3O2. The molecule has 2 N–H and O–H groups in total. The van der Waals surface area contributed by atoms with E-state index in [0.717, 1.165) is 11.4 Å². The third kappa shape index (κ3) is 4.02. The topological polar surface area (TPSA) is 67.2 Å². The van der Waals surface area contributed by atoms with Crippen molar-refractivity contribution in [2.75, 3.05) is 6.54 Å². The first-order valence-corrected chi connectivity index (χ1v) is 5.22. The predicted molar refractivity (Wildman–Crippen MR) is 56.8 cm³/mol. The maximum absolute atomic E-state index is 12.0. The van der Waals surface area contributed by atoms with E-state index in [2.05, 4.69) is 5.10 Å². The first-order valence-electron chi connectivity index (χ1n) is 5.22. The monoisotopic (exact) mass is 265 g/mol. The summed E-state index contributed by atoms with van der Waals surface area (Å²) in [6.07, 6.45) is -7.28. The van der Waals surface area contributed by atoms with Crippen LogP contribution in [0.4, 0.5) is 13.2 Å². The molecule has 1 heterocycles. The molecule has 1 rings (SSSR count). The van der Waals surface area contributed by atoms with Crippen LogP contribution in [0.1, 0.15) is 11.4 Å². The summed E-state index contributed by atoms with van der Waals surface area (Å²) < 4.78 is 37.3. The molecule has 0 aliphatic heterocycles. The average Bonchev–Trinajstić information content (AvgIpc) is 2.52. The SMILES string of the molecule is Cc1cc(C)n(CC(=O)NCC(O)C(F)(F)F)n1. The Bertz CT molecular complexity index is 428. The summed E-state index contributed by atoms with van der Waals surface area (Å²) in [7, 11) is 0. The Hall–Kier alpha value is -1.57. The smallest absolute Gasteiger partial charge is 0.382 e. The van der Waals surface area contributed by atoms with Gasteiger partial charge in [0.25, 0.3) is 0 Å². The molecular weight excluding hydrogens is 251 g/mol. The molecule has 0 aromatic carbocycles. The van der Waals surface area contributed by atoms with Crippen molar-refractivity contribution in [2.24, 2.45) is 0 Å². The number of halogens is 3. The lowest BCUT2D eigenvalue weighted by Gasteiger charge is -2.15. The van der Waals surface area contributed by atoms with Gasteiger partial charge in [-0.15, -0.1) is 0 Å².